The van der Waals surface area contributed by atoms with Gasteiger partial charge in [0, 0.05) is 18.3 Å². The fourth-order valence-electron chi connectivity index (χ4n) is 5.22. The number of rotatable bonds is 5. The summed E-state index contributed by atoms with van der Waals surface area (Å²) >= 11 is 0. The molecule has 5 aromatic rings. The van der Waals surface area contributed by atoms with Crippen LogP contribution in [0, 0.1) is 5.82 Å². The Morgan fingerprint density at radius 1 is 0.947 bits per heavy atom. The largest absolute Gasteiger partial charge is 0.334 e. The van der Waals surface area contributed by atoms with E-state index in [0.717, 1.165) is 46.0 Å². The lowest BCUT2D eigenvalue weighted by molar-refractivity contribution is 0.180. The molecule has 1 unspecified atom stereocenters. The second-order valence-electron chi connectivity index (χ2n) is 9.38. The summed E-state index contributed by atoms with van der Waals surface area (Å²) in [6.07, 6.45) is 2.78. The number of amides is 2. The third kappa shape index (κ3) is 4.26. The maximum atomic E-state index is 13.9. The van der Waals surface area contributed by atoms with E-state index in [0.29, 0.717) is 13.1 Å². The Bertz CT molecular complexity index is 1560. The SMILES string of the molecule is CCc1nn(-c2ccccc2)c2c1CN(C(=O)NCc1ccc(F)cc1)C(c1ccccc1)c1cccn1-2. The number of fused-ring (bicyclic) bond motifs is 3. The van der Waals surface area contributed by atoms with E-state index in [1.54, 1.807) is 12.1 Å². The lowest BCUT2D eigenvalue weighted by atomic mass is 10.0. The first kappa shape index (κ1) is 23.7. The van der Waals surface area contributed by atoms with Gasteiger partial charge in [0.25, 0.3) is 0 Å². The molecule has 0 spiro atoms. The van der Waals surface area contributed by atoms with Gasteiger partial charge in [-0.1, -0.05) is 67.6 Å². The second-order valence-corrected chi connectivity index (χ2v) is 9.38. The number of halogens is 1. The van der Waals surface area contributed by atoms with Gasteiger partial charge in [0.1, 0.15) is 11.6 Å². The fourth-order valence-corrected chi connectivity index (χ4v) is 5.22. The van der Waals surface area contributed by atoms with E-state index in [9.17, 15) is 9.18 Å². The number of hydrogen-bond acceptors (Lipinski definition) is 2. The van der Waals surface area contributed by atoms with Crippen molar-refractivity contribution in [2.45, 2.75) is 32.5 Å². The van der Waals surface area contributed by atoms with Crippen LogP contribution in [0.25, 0.3) is 11.5 Å². The van der Waals surface area contributed by atoms with Crippen LogP contribution in [0.1, 0.15) is 41.0 Å². The smallest absolute Gasteiger partial charge is 0.318 e. The van der Waals surface area contributed by atoms with Gasteiger partial charge in [0.05, 0.1) is 29.7 Å². The van der Waals surface area contributed by atoms with Crippen LogP contribution in [0.15, 0.2) is 103 Å². The molecule has 1 N–H and O–H groups in total. The molecule has 7 heteroatoms. The number of para-hydroxylation sites is 1. The first-order valence-electron chi connectivity index (χ1n) is 12.8. The Morgan fingerprint density at radius 3 is 2.37 bits per heavy atom. The van der Waals surface area contributed by atoms with Gasteiger partial charge in [0.2, 0.25) is 0 Å². The van der Waals surface area contributed by atoms with Crippen molar-refractivity contribution in [2.24, 2.45) is 0 Å². The Labute approximate surface area is 221 Å². The molecule has 38 heavy (non-hydrogen) atoms. The first-order valence-corrected chi connectivity index (χ1v) is 12.8. The molecule has 3 heterocycles. The predicted octanol–water partition coefficient (Wildman–Crippen LogP) is 6.18. The third-order valence-corrected chi connectivity index (χ3v) is 7.04. The van der Waals surface area contributed by atoms with E-state index >= 15 is 0 Å². The molecule has 0 bridgehead atoms. The number of carbonyl (C=O) groups excluding carboxylic acids is 1. The van der Waals surface area contributed by atoms with Crippen LogP contribution in [0.2, 0.25) is 0 Å². The summed E-state index contributed by atoms with van der Waals surface area (Å²) in [4.78, 5) is 15.8. The van der Waals surface area contributed by atoms with Crippen LogP contribution in [-0.4, -0.2) is 25.3 Å². The van der Waals surface area contributed by atoms with Gasteiger partial charge in [0.15, 0.2) is 0 Å². The highest BCUT2D eigenvalue weighted by atomic mass is 19.1. The highest BCUT2D eigenvalue weighted by Crippen LogP contribution is 2.38. The molecule has 0 radical (unpaired) electrons. The first-order chi connectivity index (χ1) is 18.6. The van der Waals surface area contributed by atoms with Crippen molar-refractivity contribution < 1.29 is 9.18 Å². The molecular weight excluding hydrogens is 477 g/mol. The molecule has 1 aliphatic rings. The molecule has 0 fully saturated rings. The number of urea groups is 1. The zero-order valence-corrected chi connectivity index (χ0v) is 21.1. The monoisotopic (exact) mass is 505 g/mol. The lowest BCUT2D eigenvalue weighted by Gasteiger charge is -2.31. The average Bonchev–Trinajstić information content (AvgIpc) is 3.54. The average molecular weight is 506 g/mol. The molecular formula is C31H28FN5O. The van der Waals surface area contributed by atoms with Gasteiger partial charge >= 0.3 is 6.03 Å². The lowest BCUT2D eigenvalue weighted by Crippen LogP contribution is -2.41. The fraction of sp³-hybridized carbons (Fsp3) is 0.161. The zero-order chi connectivity index (χ0) is 26.1. The summed E-state index contributed by atoms with van der Waals surface area (Å²) in [6, 6.07) is 30.0. The number of nitrogens with one attached hydrogen (secondary N) is 1. The second kappa shape index (κ2) is 10.0. The molecule has 1 atom stereocenters. The molecule has 0 aliphatic carbocycles. The van der Waals surface area contributed by atoms with Crippen molar-refractivity contribution in [3.05, 3.63) is 137 Å². The molecule has 6 rings (SSSR count). The van der Waals surface area contributed by atoms with Crippen LogP contribution >= 0.6 is 0 Å². The zero-order valence-electron chi connectivity index (χ0n) is 21.1. The van der Waals surface area contributed by atoms with Crippen molar-refractivity contribution in [3.63, 3.8) is 0 Å². The number of hydrogen-bond donors (Lipinski definition) is 1. The van der Waals surface area contributed by atoms with Gasteiger partial charge in [-0.3, -0.25) is 0 Å². The summed E-state index contributed by atoms with van der Waals surface area (Å²) in [5.74, 6) is 0.648. The summed E-state index contributed by atoms with van der Waals surface area (Å²) in [5, 5.41) is 8.07. The normalized spacial score (nSPS) is 14.5. The Balaban J connectivity index is 1.48. The van der Waals surface area contributed by atoms with Crippen molar-refractivity contribution in [2.75, 3.05) is 0 Å². The highest BCUT2D eigenvalue weighted by molar-refractivity contribution is 5.76. The topological polar surface area (TPSA) is 55.1 Å². The maximum absolute atomic E-state index is 13.9. The van der Waals surface area contributed by atoms with E-state index < -0.39 is 0 Å². The minimum atomic E-state index is -0.319. The summed E-state index contributed by atoms with van der Waals surface area (Å²) in [7, 11) is 0. The Hall–Kier alpha value is -4.65. The molecule has 6 nitrogen and oxygen atoms in total. The molecule has 3 aromatic carbocycles. The molecule has 0 saturated heterocycles. The van der Waals surface area contributed by atoms with Crippen LogP contribution in [-0.2, 0) is 19.5 Å². The van der Waals surface area contributed by atoms with E-state index in [4.69, 9.17) is 5.10 Å². The van der Waals surface area contributed by atoms with Gasteiger partial charge in [-0.05, 0) is 53.9 Å². The van der Waals surface area contributed by atoms with Crippen molar-refractivity contribution in [3.8, 4) is 11.5 Å². The van der Waals surface area contributed by atoms with Gasteiger partial charge in [-0.25, -0.2) is 13.9 Å². The van der Waals surface area contributed by atoms with Crippen LogP contribution in [0.3, 0.4) is 0 Å². The molecule has 1 aliphatic heterocycles. The number of carbonyl (C=O) groups is 1. The summed E-state index contributed by atoms with van der Waals surface area (Å²) < 4.78 is 17.6. The van der Waals surface area contributed by atoms with E-state index in [-0.39, 0.29) is 17.9 Å². The third-order valence-electron chi connectivity index (χ3n) is 7.04. The van der Waals surface area contributed by atoms with Crippen molar-refractivity contribution in [1.82, 2.24) is 24.6 Å². The van der Waals surface area contributed by atoms with Gasteiger partial charge < -0.3 is 14.8 Å². The predicted molar refractivity (Wildman–Crippen MR) is 145 cm³/mol. The molecule has 2 amide bonds. The minimum Gasteiger partial charge on any atom is -0.334 e. The number of aryl methyl sites for hydroxylation is 1. The Morgan fingerprint density at radius 2 is 1.66 bits per heavy atom. The Kier molecular flexibility index (Phi) is 6.25. The molecule has 0 saturated carbocycles. The van der Waals surface area contributed by atoms with E-state index in [1.165, 1.54) is 12.1 Å². The van der Waals surface area contributed by atoms with E-state index in [1.807, 2.05) is 70.4 Å². The van der Waals surface area contributed by atoms with E-state index in [2.05, 4.69) is 35.0 Å². The molecule has 190 valence electrons. The van der Waals surface area contributed by atoms with Crippen molar-refractivity contribution >= 4 is 6.03 Å². The van der Waals surface area contributed by atoms with Crippen LogP contribution in [0.4, 0.5) is 9.18 Å². The number of benzene rings is 3. The quantitative estimate of drug-likeness (QED) is 0.310. The summed E-state index contributed by atoms with van der Waals surface area (Å²) in [6.45, 7) is 2.78. The number of aromatic nitrogens is 3. The standard InChI is InChI=1S/C31H28FN5O/c1-2-27-26-21-36(31(38)33-20-22-15-17-24(32)18-16-22)29(23-10-5-3-6-11-23)28-14-9-19-35(28)30(26)37(34-27)25-12-7-4-8-13-25/h3-19,29H,2,20-21H2,1H3,(H,33,38). The maximum Gasteiger partial charge on any atom is 0.318 e. The highest BCUT2D eigenvalue weighted by Gasteiger charge is 2.36. The van der Waals surface area contributed by atoms with Crippen LogP contribution < -0.4 is 5.32 Å². The number of nitrogens with zero attached hydrogens (tertiary/aromatic N) is 4. The minimum absolute atomic E-state index is 0.196. The molecule has 2 aromatic heterocycles. The van der Waals surface area contributed by atoms with Gasteiger partial charge in [-0.15, -0.1) is 0 Å². The van der Waals surface area contributed by atoms with Crippen molar-refractivity contribution in [1.29, 1.82) is 0 Å². The summed E-state index contributed by atoms with van der Waals surface area (Å²) in [5.41, 5.74) is 5.77. The van der Waals surface area contributed by atoms with Gasteiger partial charge in [-0.2, -0.15) is 5.10 Å². The van der Waals surface area contributed by atoms with Crippen LogP contribution in [0.5, 0.6) is 0 Å².